The first-order valence-electron chi connectivity index (χ1n) is 6.18. The van der Waals surface area contributed by atoms with Gasteiger partial charge in [-0.3, -0.25) is 0 Å². The van der Waals surface area contributed by atoms with Gasteiger partial charge >= 0.3 is 6.61 Å². The van der Waals surface area contributed by atoms with E-state index in [1.807, 2.05) is 13.0 Å². The first kappa shape index (κ1) is 14.1. The second kappa shape index (κ2) is 5.77. The van der Waals surface area contributed by atoms with Gasteiger partial charge in [-0.05, 0) is 17.7 Å². The van der Waals surface area contributed by atoms with Gasteiger partial charge in [0.2, 0.25) is 0 Å². The van der Waals surface area contributed by atoms with E-state index in [0.717, 1.165) is 5.56 Å². The molecule has 0 saturated carbocycles. The fraction of sp³-hybridized carbons (Fsp3) is 0.200. The van der Waals surface area contributed by atoms with E-state index in [9.17, 15) is 8.78 Å². The Kier molecular flexibility index (Phi) is 4.08. The van der Waals surface area contributed by atoms with Crippen molar-refractivity contribution < 1.29 is 13.5 Å². The van der Waals surface area contributed by atoms with Crippen LogP contribution in [0.25, 0.3) is 0 Å². The van der Waals surface area contributed by atoms with Crippen LogP contribution < -0.4 is 16.2 Å². The molecule has 2 aromatic rings. The molecule has 0 radical (unpaired) electrons. The Balaban J connectivity index is 2.43. The zero-order valence-corrected chi connectivity index (χ0v) is 11.0. The number of nitrogens with two attached hydrogens (primary N) is 2. The number of hydrogen-bond donors (Lipinski definition) is 2. The highest BCUT2D eigenvalue weighted by Gasteiger charge is 2.18. The van der Waals surface area contributed by atoms with E-state index in [4.69, 9.17) is 11.5 Å². The highest BCUT2D eigenvalue weighted by Crippen LogP contribution is 2.36. The number of benzene rings is 2. The molecule has 0 amide bonds. The van der Waals surface area contributed by atoms with Gasteiger partial charge in [0, 0.05) is 11.5 Å². The first-order valence-corrected chi connectivity index (χ1v) is 6.18. The Morgan fingerprint density at radius 2 is 1.60 bits per heavy atom. The third-order valence-electron chi connectivity index (χ3n) is 3.24. The molecular weight excluding hydrogens is 262 g/mol. The fourth-order valence-electron chi connectivity index (χ4n) is 2.19. The summed E-state index contributed by atoms with van der Waals surface area (Å²) in [6.07, 6.45) is 0. The van der Waals surface area contributed by atoms with Crippen molar-refractivity contribution in [2.24, 2.45) is 0 Å². The van der Waals surface area contributed by atoms with Crippen molar-refractivity contribution in [1.29, 1.82) is 0 Å². The Bertz CT molecular complexity index is 602. The summed E-state index contributed by atoms with van der Waals surface area (Å²) in [7, 11) is 0. The van der Waals surface area contributed by atoms with Gasteiger partial charge in [0.25, 0.3) is 0 Å². The quantitative estimate of drug-likeness (QED) is 0.840. The minimum absolute atomic E-state index is 0.150. The standard InChI is InChI=1S/C15H16F2N2O/c1-9(11-6-4-7-12(18)14(11)19)10-5-2-3-8-13(10)20-15(16)17/h2-9,15H,18-19H2,1H3. The van der Waals surface area contributed by atoms with E-state index in [1.54, 1.807) is 30.3 Å². The predicted octanol–water partition coefficient (Wildman–Crippen LogP) is 3.60. The number of para-hydroxylation sites is 2. The summed E-state index contributed by atoms with van der Waals surface area (Å²) < 4.78 is 29.4. The summed E-state index contributed by atoms with van der Waals surface area (Å²) in [6.45, 7) is -0.986. The summed E-state index contributed by atoms with van der Waals surface area (Å²) in [4.78, 5) is 0. The molecule has 0 heterocycles. The fourth-order valence-corrected chi connectivity index (χ4v) is 2.19. The lowest BCUT2D eigenvalue weighted by atomic mass is 9.91. The van der Waals surface area contributed by atoms with Gasteiger partial charge in [-0.1, -0.05) is 37.3 Å². The Morgan fingerprint density at radius 3 is 2.30 bits per heavy atom. The van der Waals surface area contributed by atoms with E-state index in [0.29, 0.717) is 16.9 Å². The molecule has 2 aromatic carbocycles. The van der Waals surface area contributed by atoms with Gasteiger partial charge in [0.1, 0.15) is 5.75 Å². The normalized spacial score (nSPS) is 12.4. The Labute approximate surface area is 116 Å². The third kappa shape index (κ3) is 2.82. The van der Waals surface area contributed by atoms with Crippen LogP contribution in [-0.4, -0.2) is 6.61 Å². The summed E-state index contributed by atoms with van der Waals surface area (Å²) in [6, 6.07) is 12.0. The minimum atomic E-state index is -2.86. The number of rotatable bonds is 4. The second-order valence-corrected chi connectivity index (χ2v) is 4.49. The molecule has 0 fully saturated rings. The molecule has 0 aliphatic rings. The van der Waals surface area contributed by atoms with E-state index in [2.05, 4.69) is 4.74 Å². The van der Waals surface area contributed by atoms with Crippen LogP contribution in [-0.2, 0) is 0 Å². The smallest absolute Gasteiger partial charge is 0.387 e. The van der Waals surface area contributed by atoms with E-state index in [1.165, 1.54) is 6.07 Å². The Hall–Kier alpha value is -2.30. The lowest BCUT2D eigenvalue weighted by Gasteiger charge is -2.19. The van der Waals surface area contributed by atoms with Crippen LogP contribution in [0.2, 0.25) is 0 Å². The predicted molar refractivity (Wildman–Crippen MR) is 75.9 cm³/mol. The average Bonchev–Trinajstić information content (AvgIpc) is 2.41. The SMILES string of the molecule is CC(c1ccccc1OC(F)F)c1cccc(N)c1N. The number of halogens is 2. The maximum absolute atomic E-state index is 12.4. The molecule has 3 nitrogen and oxygen atoms in total. The van der Waals surface area contributed by atoms with Gasteiger partial charge in [-0.15, -0.1) is 0 Å². The number of ether oxygens (including phenoxy) is 1. The molecule has 0 saturated heterocycles. The number of anilines is 2. The lowest BCUT2D eigenvalue weighted by molar-refractivity contribution is -0.0505. The maximum Gasteiger partial charge on any atom is 0.387 e. The minimum Gasteiger partial charge on any atom is -0.435 e. The topological polar surface area (TPSA) is 61.3 Å². The van der Waals surface area contributed by atoms with E-state index in [-0.39, 0.29) is 11.7 Å². The molecule has 0 aromatic heterocycles. The van der Waals surface area contributed by atoms with Crippen LogP contribution in [0.15, 0.2) is 42.5 Å². The Morgan fingerprint density at radius 1 is 0.950 bits per heavy atom. The van der Waals surface area contributed by atoms with Crippen molar-refractivity contribution in [2.75, 3.05) is 11.5 Å². The highest BCUT2D eigenvalue weighted by molar-refractivity contribution is 5.69. The van der Waals surface area contributed by atoms with Crippen molar-refractivity contribution in [3.63, 3.8) is 0 Å². The monoisotopic (exact) mass is 278 g/mol. The van der Waals surface area contributed by atoms with E-state index < -0.39 is 6.61 Å². The van der Waals surface area contributed by atoms with Gasteiger partial charge < -0.3 is 16.2 Å². The van der Waals surface area contributed by atoms with Crippen LogP contribution in [0.4, 0.5) is 20.2 Å². The lowest BCUT2D eigenvalue weighted by Crippen LogP contribution is -2.08. The van der Waals surface area contributed by atoms with Crippen LogP contribution in [0.5, 0.6) is 5.75 Å². The molecule has 1 atom stereocenters. The average molecular weight is 278 g/mol. The van der Waals surface area contributed by atoms with Gasteiger partial charge in [-0.2, -0.15) is 8.78 Å². The van der Waals surface area contributed by atoms with Crippen LogP contribution in [0.3, 0.4) is 0 Å². The van der Waals surface area contributed by atoms with E-state index >= 15 is 0 Å². The summed E-state index contributed by atoms with van der Waals surface area (Å²) in [5.74, 6) is -0.0507. The molecule has 106 valence electrons. The van der Waals surface area contributed by atoms with Crippen molar-refractivity contribution in [1.82, 2.24) is 0 Å². The van der Waals surface area contributed by atoms with Crippen molar-refractivity contribution in [3.05, 3.63) is 53.6 Å². The molecule has 0 spiro atoms. The summed E-state index contributed by atoms with van der Waals surface area (Å²) in [5.41, 5.74) is 14.1. The third-order valence-corrected chi connectivity index (χ3v) is 3.24. The largest absolute Gasteiger partial charge is 0.435 e. The molecule has 5 heteroatoms. The molecule has 0 bridgehead atoms. The summed E-state index contributed by atoms with van der Waals surface area (Å²) in [5, 5.41) is 0. The van der Waals surface area contributed by atoms with Crippen molar-refractivity contribution >= 4 is 11.4 Å². The number of nitrogen functional groups attached to an aromatic ring is 2. The number of hydrogen-bond acceptors (Lipinski definition) is 3. The molecular formula is C15H16F2N2O. The highest BCUT2D eigenvalue weighted by atomic mass is 19.3. The van der Waals surface area contributed by atoms with Crippen LogP contribution >= 0.6 is 0 Å². The zero-order chi connectivity index (χ0) is 14.7. The molecule has 1 unspecified atom stereocenters. The van der Waals surface area contributed by atoms with Crippen LogP contribution in [0, 0.1) is 0 Å². The van der Waals surface area contributed by atoms with Gasteiger partial charge in [0.15, 0.2) is 0 Å². The zero-order valence-electron chi connectivity index (χ0n) is 11.0. The first-order chi connectivity index (χ1) is 9.50. The summed E-state index contributed by atoms with van der Waals surface area (Å²) >= 11 is 0. The molecule has 4 N–H and O–H groups in total. The molecule has 0 aliphatic heterocycles. The van der Waals surface area contributed by atoms with Gasteiger partial charge in [0.05, 0.1) is 11.4 Å². The number of alkyl halides is 2. The van der Waals surface area contributed by atoms with Gasteiger partial charge in [-0.25, -0.2) is 0 Å². The second-order valence-electron chi connectivity index (χ2n) is 4.49. The molecule has 2 rings (SSSR count). The molecule has 0 aliphatic carbocycles. The van der Waals surface area contributed by atoms with Crippen LogP contribution in [0.1, 0.15) is 24.0 Å². The van der Waals surface area contributed by atoms with Crippen molar-refractivity contribution in [3.8, 4) is 5.75 Å². The molecule has 20 heavy (non-hydrogen) atoms. The van der Waals surface area contributed by atoms with Crippen molar-refractivity contribution in [2.45, 2.75) is 19.5 Å². The maximum atomic E-state index is 12.4.